The van der Waals surface area contributed by atoms with Crippen LogP contribution in [0.15, 0.2) is 55.0 Å². The van der Waals surface area contributed by atoms with Crippen molar-refractivity contribution in [2.45, 2.75) is 20.5 Å². The Balaban J connectivity index is 0.00000109. The molecule has 0 aromatic carbocycles. The van der Waals surface area contributed by atoms with Gasteiger partial charge in [-0.1, -0.05) is 19.9 Å². The van der Waals surface area contributed by atoms with Crippen molar-refractivity contribution in [1.82, 2.24) is 24.6 Å². The van der Waals surface area contributed by atoms with Gasteiger partial charge < -0.3 is 15.2 Å². The Morgan fingerprint density at radius 2 is 1.96 bits per heavy atom. The van der Waals surface area contributed by atoms with Crippen LogP contribution in [0.1, 0.15) is 19.4 Å². The predicted molar refractivity (Wildman–Crippen MR) is 108 cm³/mol. The molecule has 144 valence electrons. The van der Waals surface area contributed by atoms with Gasteiger partial charge >= 0.3 is 0 Å². The lowest BCUT2D eigenvalue weighted by Crippen LogP contribution is -2.05. The van der Waals surface area contributed by atoms with Gasteiger partial charge in [0.05, 0.1) is 13.7 Å². The van der Waals surface area contributed by atoms with Crippen molar-refractivity contribution in [2.24, 2.45) is 0 Å². The second-order valence-electron chi connectivity index (χ2n) is 5.50. The van der Waals surface area contributed by atoms with Gasteiger partial charge in [0.1, 0.15) is 11.2 Å². The van der Waals surface area contributed by atoms with Crippen LogP contribution in [0.4, 0.5) is 11.5 Å². The summed E-state index contributed by atoms with van der Waals surface area (Å²) in [7, 11) is 1.56. The Kier molecular flexibility index (Phi) is 6.13. The topological polar surface area (TPSA) is 97.5 Å². The van der Waals surface area contributed by atoms with Crippen molar-refractivity contribution >= 4 is 17.0 Å². The van der Waals surface area contributed by atoms with Crippen LogP contribution in [0, 0.1) is 0 Å². The highest BCUT2D eigenvalue weighted by Crippen LogP contribution is 2.25. The lowest BCUT2D eigenvalue weighted by molar-refractivity contribution is 0.282. The smallest absolute Gasteiger partial charge is 0.213 e. The Morgan fingerprint density at radius 3 is 2.75 bits per heavy atom. The van der Waals surface area contributed by atoms with Crippen molar-refractivity contribution < 1.29 is 9.84 Å². The first-order chi connectivity index (χ1) is 13.8. The van der Waals surface area contributed by atoms with Crippen molar-refractivity contribution in [3.05, 3.63) is 60.6 Å². The second kappa shape index (κ2) is 8.92. The first-order valence-electron chi connectivity index (χ1n) is 8.96. The average molecular weight is 378 g/mol. The van der Waals surface area contributed by atoms with Gasteiger partial charge in [-0.2, -0.15) is 0 Å². The molecule has 0 aliphatic heterocycles. The summed E-state index contributed by atoms with van der Waals surface area (Å²) in [6.45, 7) is 3.88. The number of anilines is 2. The summed E-state index contributed by atoms with van der Waals surface area (Å²) in [5, 5.41) is 17.3. The Hall–Kier alpha value is -3.52. The number of ether oxygens (including phenoxy) is 1. The van der Waals surface area contributed by atoms with Gasteiger partial charge in [-0.25, -0.2) is 14.5 Å². The Morgan fingerprint density at radius 1 is 1.11 bits per heavy atom. The molecule has 0 unspecified atom stereocenters. The summed E-state index contributed by atoms with van der Waals surface area (Å²) >= 11 is 0. The van der Waals surface area contributed by atoms with E-state index in [-0.39, 0.29) is 6.61 Å². The minimum absolute atomic E-state index is 0.122. The summed E-state index contributed by atoms with van der Waals surface area (Å²) in [4.78, 5) is 13.1. The van der Waals surface area contributed by atoms with Crippen molar-refractivity contribution in [1.29, 1.82) is 0 Å². The van der Waals surface area contributed by atoms with E-state index in [4.69, 9.17) is 4.74 Å². The second-order valence-corrected chi connectivity index (χ2v) is 5.50. The molecule has 0 radical (unpaired) electrons. The third-order valence-electron chi connectivity index (χ3n) is 3.88. The van der Waals surface area contributed by atoms with Gasteiger partial charge in [0.2, 0.25) is 11.7 Å². The monoisotopic (exact) mass is 378 g/mol. The summed E-state index contributed by atoms with van der Waals surface area (Å²) < 4.78 is 6.91. The van der Waals surface area contributed by atoms with Crippen LogP contribution < -0.4 is 10.1 Å². The van der Waals surface area contributed by atoms with Crippen LogP contribution in [0.5, 0.6) is 5.88 Å². The van der Waals surface area contributed by atoms with E-state index < -0.39 is 0 Å². The van der Waals surface area contributed by atoms with Crippen LogP contribution in [0.25, 0.3) is 17.0 Å². The molecule has 2 N–H and O–H groups in total. The molecule has 8 heteroatoms. The van der Waals surface area contributed by atoms with Crippen molar-refractivity contribution in [2.75, 3.05) is 12.4 Å². The molecule has 0 saturated heterocycles. The lowest BCUT2D eigenvalue weighted by atomic mass is 10.2. The summed E-state index contributed by atoms with van der Waals surface area (Å²) in [5.74, 6) is 1.55. The highest BCUT2D eigenvalue weighted by Gasteiger charge is 2.12. The zero-order valence-electron chi connectivity index (χ0n) is 16.0. The number of methoxy groups -OCH3 is 1. The number of pyridine rings is 2. The quantitative estimate of drug-likeness (QED) is 0.549. The molecule has 28 heavy (non-hydrogen) atoms. The average Bonchev–Trinajstić information content (AvgIpc) is 3.24. The van der Waals surface area contributed by atoms with Gasteiger partial charge in [0.15, 0.2) is 5.82 Å². The largest absolute Gasteiger partial charge is 0.481 e. The third-order valence-corrected chi connectivity index (χ3v) is 3.88. The molecule has 0 amide bonds. The number of aliphatic hydroxyl groups is 1. The maximum absolute atomic E-state index is 9.52. The third kappa shape index (κ3) is 3.91. The van der Waals surface area contributed by atoms with Crippen LogP contribution in [-0.2, 0) is 6.61 Å². The minimum Gasteiger partial charge on any atom is -0.481 e. The molecular formula is C20H22N6O2. The molecule has 0 atom stereocenters. The van der Waals surface area contributed by atoms with E-state index in [2.05, 4.69) is 25.4 Å². The summed E-state index contributed by atoms with van der Waals surface area (Å²) in [6.07, 6.45) is 5.11. The minimum atomic E-state index is -0.122. The fraction of sp³-hybridized carbons (Fsp3) is 0.200. The van der Waals surface area contributed by atoms with E-state index in [9.17, 15) is 5.11 Å². The lowest BCUT2D eigenvalue weighted by Gasteiger charge is -2.12. The fourth-order valence-corrected chi connectivity index (χ4v) is 2.59. The van der Waals surface area contributed by atoms with Crippen LogP contribution >= 0.6 is 0 Å². The molecule has 0 aliphatic carbocycles. The van der Waals surface area contributed by atoms with E-state index in [0.29, 0.717) is 28.8 Å². The molecule has 4 rings (SSSR count). The van der Waals surface area contributed by atoms with Gasteiger partial charge in [-0.3, -0.25) is 4.98 Å². The van der Waals surface area contributed by atoms with Gasteiger partial charge in [0.25, 0.3) is 0 Å². The van der Waals surface area contributed by atoms with E-state index in [1.54, 1.807) is 36.2 Å². The summed E-state index contributed by atoms with van der Waals surface area (Å²) in [5.41, 5.74) is 2.81. The number of nitrogens with zero attached hydrogens (tertiary/aromatic N) is 5. The maximum Gasteiger partial charge on any atom is 0.213 e. The summed E-state index contributed by atoms with van der Waals surface area (Å²) in [6, 6.07) is 11.0. The number of aromatic nitrogens is 5. The molecular weight excluding hydrogens is 356 g/mol. The standard InChI is InChI=1S/C18H16N6O2.C2H6/c1-26-16-6-2-4-14(20-16)17-22-18(15-5-3-9-24(15)23-17)21-13-7-8-19-10-12(13)11-25;1-2/h2-10,25H,11H2,1H3,(H,19,21,22,23);1-2H3. The fourth-order valence-electron chi connectivity index (χ4n) is 2.59. The molecule has 0 spiro atoms. The maximum atomic E-state index is 9.52. The molecule has 0 fully saturated rings. The van der Waals surface area contributed by atoms with Crippen LogP contribution in [0.2, 0.25) is 0 Å². The van der Waals surface area contributed by atoms with E-state index >= 15 is 0 Å². The SMILES string of the molecule is CC.COc1cccc(-c2nc(Nc3ccncc3CO)c3cccn3n2)n1. The Bertz CT molecular complexity index is 1060. The van der Waals surface area contributed by atoms with Crippen molar-refractivity contribution in [3.8, 4) is 17.4 Å². The number of aliphatic hydroxyl groups excluding tert-OH is 1. The van der Waals surface area contributed by atoms with Crippen molar-refractivity contribution in [3.63, 3.8) is 0 Å². The first-order valence-corrected chi connectivity index (χ1v) is 8.96. The molecule has 0 saturated carbocycles. The molecule has 8 nitrogen and oxygen atoms in total. The van der Waals surface area contributed by atoms with E-state index in [1.807, 2.05) is 44.3 Å². The molecule has 4 aromatic rings. The zero-order chi connectivity index (χ0) is 19.9. The molecule has 0 bridgehead atoms. The number of fused-ring (bicyclic) bond motifs is 1. The predicted octanol–water partition coefficient (Wildman–Crippen LogP) is 3.46. The van der Waals surface area contributed by atoms with Gasteiger partial charge in [-0.15, -0.1) is 5.10 Å². The molecule has 4 heterocycles. The number of hydrogen-bond donors (Lipinski definition) is 2. The van der Waals surface area contributed by atoms with E-state index in [0.717, 1.165) is 11.2 Å². The van der Waals surface area contributed by atoms with Crippen LogP contribution in [-0.4, -0.2) is 36.8 Å². The first kappa shape index (κ1) is 19.2. The number of rotatable bonds is 5. The molecule has 4 aromatic heterocycles. The Labute approximate surface area is 162 Å². The zero-order valence-corrected chi connectivity index (χ0v) is 16.0. The number of nitrogens with one attached hydrogen (secondary N) is 1. The highest BCUT2D eigenvalue weighted by atomic mass is 16.5. The van der Waals surface area contributed by atoms with Crippen LogP contribution in [0.3, 0.4) is 0 Å². The number of hydrogen-bond acceptors (Lipinski definition) is 7. The normalized spacial score (nSPS) is 10.3. The highest BCUT2D eigenvalue weighted by molar-refractivity contribution is 5.75. The van der Waals surface area contributed by atoms with E-state index in [1.165, 1.54) is 0 Å². The van der Waals surface area contributed by atoms with Gasteiger partial charge in [-0.05, 0) is 24.3 Å². The molecule has 0 aliphatic rings. The van der Waals surface area contributed by atoms with Gasteiger partial charge in [0, 0.05) is 35.9 Å².